The molecule has 14 heteroatoms. The van der Waals surface area contributed by atoms with Gasteiger partial charge in [-0.15, -0.1) is 23.2 Å². The van der Waals surface area contributed by atoms with E-state index in [1.165, 1.54) is 19.1 Å². The molecule has 0 bridgehead atoms. The zero-order chi connectivity index (χ0) is 32.9. The Balaban J connectivity index is 1.32. The number of likely N-dealkylation sites (tertiary alicyclic amines) is 1. The van der Waals surface area contributed by atoms with Crippen molar-refractivity contribution in [3.05, 3.63) is 56.5 Å². The van der Waals surface area contributed by atoms with Gasteiger partial charge in [-0.05, 0) is 86.5 Å². The minimum Gasteiger partial charge on any atom is -0.503 e. The van der Waals surface area contributed by atoms with Crippen molar-refractivity contribution in [3.63, 3.8) is 0 Å². The fourth-order valence-electron chi connectivity index (χ4n) is 7.96. The van der Waals surface area contributed by atoms with Crippen LogP contribution in [0.5, 0.6) is 11.5 Å². The van der Waals surface area contributed by atoms with Crippen LogP contribution < -0.4 is 14.5 Å². The maximum absolute atomic E-state index is 14.3. The van der Waals surface area contributed by atoms with E-state index in [4.69, 9.17) is 32.7 Å². The molecule has 1 N–H and O–H groups in total. The molecular formula is C32H29Br2Cl2N3O7. The number of alkyl halides is 2. The average molecular weight is 798 g/mol. The Kier molecular flexibility index (Phi) is 7.79. The van der Waals surface area contributed by atoms with Gasteiger partial charge in [-0.1, -0.05) is 11.6 Å². The Bertz CT molecular complexity index is 1730. The molecule has 6 atom stereocenters. The van der Waals surface area contributed by atoms with Gasteiger partial charge in [-0.25, -0.2) is 0 Å². The number of phenols is 1. The Hall–Kier alpha value is -2.64. The first-order chi connectivity index (χ1) is 21.9. The highest BCUT2D eigenvalue weighted by Gasteiger charge is 2.76. The SMILES string of the molecule is COc1cc([C@H]2C3=CC[C@@H]4C(=O)N(c5ccc(N6CCOCC6)cc5)C(=O)[C@@H]4[C@@H]3C[C@@]3(Cl)C(=O)N(C)C(=O)[C@@]23Cl)c(Br)c(Br)c1O. The number of aromatic hydroxyl groups is 1. The lowest BCUT2D eigenvalue weighted by Crippen LogP contribution is -2.60. The predicted octanol–water partition coefficient (Wildman–Crippen LogP) is 4.96. The molecular weight excluding hydrogens is 769 g/mol. The minimum absolute atomic E-state index is 0.103. The molecule has 242 valence electrons. The summed E-state index contributed by atoms with van der Waals surface area (Å²) >= 11 is 21.5. The average Bonchev–Trinajstić information content (AvgIpc) is 3.39. The number of phenolic OH excluding ortho intramolecular Hbond substituents is 1. The largest absolute Gasteiger partial charge is 0.503 e. The van der Waals surface area contributed by atoms with Crippen LogP contribution in [0.3, 0.4) is 0 Å². The van der Waals surface area contributed by atoms with Gasteiger partial charge in [-0.3, -0.25) is 29.0 Å². The Morgan fingerprint density at radius 2 is 1.61 bits per heavy atom. The highest BCUT2D eigenvalue weighted by atomic mass is 79.9. The monoisotopic (exact) mass is 795 g/mol. The number of ether oxygens (including phenoxy) is 2. The number of methoxy groups -OCH3 is 1. The van der Waals surface area contributed by atoms with Gasteiger partial charge in [0, 0.05) is 36.2 Å². The van der Waals surface area contributed by atoms with Crippen LogP contribution in [0.1, 0.15) is 24.3 Å². The third-order valence-corrected chi connectivity index (χ3v) is 13.8. The Morgan fingerprint density at radius 1 is 0.957 bits per heavy atom. The first kappa shape index (κ1) is 31.9. The van der Waals surface area contributed by atoms with Gasteiger partial charge in [0.1, 0.15) is 0 Å². The van der Waals surface area contributed by atoms with Crippen molar-refractivity contribution < 1.29 is 33.8 Å². The molecule has 10 nitrogen and oxygen atoms in total. The zero-order valence-electron chi connectivity index (χ0n) is 24.8. The molecule has 2 aliphatic carbocycles. The number of morpholine rings is 1. The number of carbonyl (C=O) groups is 4. The number of rotatable bonds is 4. The first-order valence-electron chi connectivity index (χ1n) is 14.8. The molecule has 3 saturated heterocycles. The smallest absolute Gasteiger partial charge is 0.253 e. The summed E-state index contributed by atoms with van der Waals surface area (Å²) in [6.45, 7) is 2.76. The molecule has 4 amide bonds. The third kappa shape index (κ3) is 4.22. The fraction of sp³-hybridized carbons (Fsp3) is 0.438. The van der Waals surface area contributed by atoms with Crippen LogP contribution >= 0.6 is 55.1 Å². The molecule has 0 spiro atoms. The number of benzene rings is 2. The standard InChI is InChI=1S/C32H29Br2Cl2N3O7/c1-37-29(43)31(35)14-20-17(23(32(31,36)30(37)44)19-13-21(45-2)26(40)25(34)24(19)33)7-8-18-22(20)28(42)39(27(18)41)16-5-3-15(4-6-16)38-9-11-46-12-10-38/h3-7,13,18,20,22-23,40H,8-12,14H2,1-2H3/t18-,20+,22-,23+,31+,32-/m0/s1. The normalized spacial score (nSPS) is 32.4. The van der Waals surface area contributed by atoms with Crippen LogP contribution in [0.25, 0.3) is 0 Å². The molecule has 0 radical (unpaired) electrons. The van der Waals surface area contributed by atoms with Gasteiger partial charge in [0.05, 0.1) is 42.3 Å². The van der Waals surface area contributed by atoms with Crippen molar-refractivity contribution >= 4 is 90.1 Å². The maximum atomic E-state index is 14.3. The summed E-state index contributed by atoms with van der Waals surface area (Å²) in [7, 11) is 2.72. The van der Waals surface area contributed by atoms with Crippen LogP contribution in [-0.4, -0.2) is 83.8 Å². The van der Waals surface area contributed by atoms with E-state index in [0.717, 1.165) is 23.7 Å². The molecule has 2 aromatic rings. The summed E-state index contributed by atoms with van der Waals surface area (Å²) in [5.41, 5.74) is 2.50. The number of hydrogen-bond donors (Lipinski definition) is 1. The summed E-state index contributed by atoms with van der Waals surface area (Å²) in [4.78, 5) is 56.4. The molecule has 7 rings (SSSR count). The van der Waals surface area contributed by atoms with Crippen molar-refractivity contribution in [2.24, 2.45) is 17.8 Å². The van der Waals surface area contributed by atoms with E-state index in [1.807, 2.05) is 18.2 Å². The van der Waals surface area contributed by atoms with E-state index >= 15 is 0 Å². The van der Waals surface area contributed by atoms with E-state index < -0.39 is 45.2 Å². The molecule has 0 unspecified atom stereocenters. The summed E-state index contributed by atoms with van der Waals surface area (Å²) < 4.78 is 11.5. The number of halogens is 4. The van der Waals surface area contributed by atoms with E-state index in [2.05, 4.69) is 36.8 Å². The third-order valence-electron chi connectivity index (χ3n) is 10.2. The second-order valence-electron chi connectivity index (χ2n) is 12.3. The summed E-state index contributed by atoms with van der Waals surface area (Å²) in [6.07, 6.45) is 1.98. The molecule has 3 heterocycles. The van der Waals surface area contributed by atoms with Crippen molar-refractivity contribution in [2.75, 3.05) is 50.3 Å². The van der Waals surface area contributed by atoms with Gasteiger partial charge in [0.15, 0.2) is 21.2 Å². The zero-order valence-corrected chi connectivity index (χ0v) is 29.5. The van der Waals surface area contributed by atoms with Gasteiger partial charge in [0.2, 0.25) is 11.8 Å². The quantitative estimate of drug-likeness (QED) is 0.263. The molecule has 5 aliphatic rings. The summed E-state index contributed by atoms with van der Waals surface area (Å²) in [6, 6.07) is 8.88. The summed E-state index contributed by atoms with van der Waals surface area (Å²) in [5.74, 6) is -5.35. The Morgan fingerprint density at radius 3 is 2.26 bits per heavy atom. The lowest BCUT2D eigenvalue weighted by Gasteiger charge is -2.51. The number of nitrogens with zero attached hydrogens (tertiary/aromatic N) is 3. The first-order valence-corrected chi connectivity index (χ1v) is 17.2. The van der Waals surface area contributed by atoms with Crippen molar-refractivity contribution in [3.8, 4) is 11.5 Å². The number of carbonyl (C=O) groups excluding carboxylic acids is 4. The maximum Gasteiger partial charge on any atom is 0.253 e. The van der Waals surface area contributed by atoms with E-state index in [0.29, 0.717) is 34.5 Å². The van der Waals surface area contributed by atoms with Crippen LogP contribution in [-0.2, 0) is 23.9 Å². The van der Waals surface area contributed by atoms with E-state index in [1.54, 1.807) is 18.2 Å². The molecule has 1 saturated carbocycles. The minimum atomic E-state index is -1.97. The van der Waals surface area contributed by atoms with Crippen molar-refractivity contribution in [1.82, 2.24) is 4.90 Å². The number of anilines is 2. The van der Waals surface area contributed by atoms with Gasteiger partial charge >= 0.3 is 0 Å². The van der Waals surface area contributed by atoms with Gasteiger partial charge in [-0.2, -0.15) is 0 Å². The molecule has 2 aromatic carbocycles. The van der Waals surface area contributed by atoms with Gasteiger partial charge < -0.3 is 19.5 Å². The molecule has 46 heavy (non-hydrogen) atoms. The van der Waals surface area contributed by atoms with Crippen LogP contribution in [0.2, 0.25) is 0 Å². The van der Waals surface area contributed by atoms with Crippen molar-refractivity contribution in [2.45, 2.75) is 28.5 Å². The number of allylic oxidation sites excluding steroid dienone is 2. The molecule has 4 fully saturated rings. The second kappa shape index (κ2) is 11.2. The molecule has 0 aromatic heterocycles. The second-order valence-corrected chi connectivity index (χ2v) is 15.1. The van der Waals surface area contributed by atoms with Gasteiger partial charge in [0.25, 0.3) is 11.8 Å². The number of hydrogen-bond acceptors (Lipinski definition) is 8. The fourth-order valence-corrected chi connectivity index (χ4v) is 9.92. The topological polar surface area (TPSA) is 117 Å². The van der Waals surface area contributed by atoms with Crippen LogP contribution in [0.4, 0.5) is 11.4 Å². The van der Waals surface area contributed by atoms with Crippen LogP contribution in [0.15, 0.2) is 50.9 Å². The molecule has 3 aliphatic heterocycles. The van der Waals surface area contributed by atoms with E-state index in [9.17, 15) is 24.3 Å². The number of imide groups is 2. The predicted molar refractivity (Wildman–Crippen MR) is 177 cm³/mol. The highest BCUT2D eigenvalue weighted by Crippen LogP contribution is 2.66. The lowest BCUT2D eigenvalue weighted by molar-refractivity contribution is -0.138. The van der Waals surface area contributed by atoms with E-state index in [-0.39, 0.29) is 40.6 Å². The number of amides is 4. The Labute approximate surface area is 291 Å². The highest BCUT2D eigenvalue weighted by molar-refractivity contribution is 9.13. The lowest BCUT2D eigenvalue weighted by atomic mass is 9.56. The van der Waals surface area contributed by atoms with Crippen molar-refractivity contribution in [1.29, 1.82) is 0 Å². The summed E-state index contributed by atoms with van der Waals surface area (Å²) in [5, 5.41) is 10.7. The van der Waals surface area contributed by atoms with Crippen LogP contribution in [0, 0.1) is 17.8 Å². The number of fused-ring (bicyclic) bond motifs is 4.